The molecule has 6 nitrogen and oxygen atoms in total. The number of imidazole rings is 1. The number of nitrogens with zero attached hydrogens (tertiary/aromatic N) is 4. The first-order chi connectivity index (χ1) is 13.2. The number of hydrogen-bond donors (Lipinski definition) is 0. The van der Waals surface area contributed by atoms with Crippen molar-refractivity contribution in [3.8, 4) is 0 Å². The lowest BCUT2D eigenvalue weighted by Gasteiger charge is -2.23. The molecule has 0 aromatic carbocycles. The van der Waals surface area contributed by atoms with Crippen LogP contribution in [0.1, 0.15) is 52.4 Å². The van der Waals surface area contributed by atoms with E-state index >= 15 is 0 Å². The highest BCUT2D eigenvalue weighted by Gasteiger charge is 2.34. The van der Waals surface area contributed by atoms with Crippen LogP contribution < -0.4 is 0 Å². The lowest BCUT2D eigenvalue weighted by Crippen LogP contribution is -2.32. The normalized spacial score (nSPS) is 17.3. The molecule has 1 aliphatic rings. The zero-order valence-corrected chi connectivity index (χ0v) is 17.1. The highest BCUT2D eigenvalue weighted by Crippen LogP contribution is 2.32. The number of carbonyl (C=O) groups is 1. The quantitative estimate of drug-likeness (QED) is 0.673. The van der Waals surface area contributed by atoms with E-state index in [0.717, 1.165) is 29.8 Å². The molecular weight excluding hydrogens is 364 g/mol. The van der Waals surface area contributed by atoms with Crippen LogP contribution in [0.4, 0.5) is 4.79 Å². The monoisotopic (exact) mass is 390 g/mol. The summed E-state index contributed by atoms with van der Waals surface area (Å²) in [6, 6.07) is -0.121. The lowest BCUT2D eigenvalue weighted by atomic mass is 10.2. The summed E-state index contributed by atoms with van der Waals surface area (Å²) in [7, 11) is 0. The van der Waals surface area contributed by atoms with Crippen LogP contribution in [0, 0.1) is 0 Å². The zero-order valence-electron chi connectivity index (χ0n) is 16.4. The minimum absolute atomic E-state index is 0.121. The number of halogens is 1. The molecule has 1 saturated heterocycles. The summed E-state index contributed by atoms with van der Waals surface area (Å²) in [6.45, 7) is 8.79. The van der Waals surface area contributed by atoms with Crippen molar-refractivity contribution in [2.75, 3.05) is 13.2 Å². The van der Waals surface area contributed by atoms with E-state index in [4.69, 9.17) is 16.3 Å². The van der Waals surface area contributed by atoms with Crippen molar-refractivity contribution in [1.82, 2.24) is 19.3 Å². The smallest absolute Gasteiger partial charge is 0.410 e. The van der Waals surface area contributed by atoms with Crippen molar-refractivity contribution in [2.24, 2.45) is 0 Å². The molecule has 0 saturated carbocycles. The van der Waals surface area contributed by atoms with E-state index in [2.05, 4.69) is 9.97 Å². The molecule has 1 unspecified atom stereocenters. The third-order valence-electron chi connectivity index (χ3n) is 4.34. The van der Waals surface area contributed by atoms with Crippen LogP contribution in [0.5, 0.6) is 0 Å². The molecule has 0 N–H and O–H groups in total. The van der Waals surface area contributed by atoms with Gasteiger partial charge in [-0.1, -0.05) is 43.7 Å². The molecule has 2 aromatic rings. The van der Waals surface area contributed by atoms with Gasteiger partial charge in [0.05, 0.1) is 12.2 Å². The first kappa shape index (κ1) is 21.0. The van der Waals surface area contributed by atoms with Gasteiger partial charge in [-0.15, -0.1) is 0 Å². The minimum Gasteiger partial charge on any atom is -0.445 e. The van der Waals surface area contributed by atoms with E-state index in [-0.39, 0.29) is 18.7 Å². The summed E-state index contributed by atoms with van der Waals surface area (Å²) in [5, 5.41) is 0.400. The van der Waals surface area contributed by atoms with Gasteiger partial charge in [0, 0.05) is 18.9 Å². The fourth-order valence-electron chi connectivity index (χ4n) is 3.09. The topological polar surface area (TPSA) is 59.7 Å². The summed E-state index contributed by atoms with van der Waals surface area (Å²) in [5.74, 6) is 0.786. The predicted molar refractivity (Wildman–Crippen MR) is 108 cm³/mol. The van der Waals surface area contributed by atoms with Crippen molar-refractivity contribution in [1.29, 1.82) is 0 Å². The number of fused-ring (bicyclic) bond motifs is 1. The van der Waals surface area contributed by atoms with Crippen molar-refractivity contribution in [3.63, 3.8) is 0 Å². The Kier molecular flexibility index (Phi) is 7.85. The molecule has 3 heterocycles. The molecular formula is C20H27ClN4O2. The SMILES string of the molecule is C/C=C\C(=C/C)COC(=O)N1CCCC1c1ncc2c(Cl)nccn12.CC. The van der Waals surface area contributed by atoms with Gasteiger partial charge in [-0.3, -0.25) is 9.30 Å². The molecule has 1 amide bonds. The summed E-state index contributed by atoms with van der Waals surface area (Å²) in [4.78, 5) is 22.8. The highest BCUT2D eigenvalue weighted by molar-refractivity contribution is 6.32. The van der Waals surface area contributed by atoms with E-state index in [1.807, 2.05) is 56.5 Å². The Bertz CT molecular complexity index is 828. The Labute approximate surface area is 165 Å². The number of ether oxygens (including phenoxy) is 1. The van der Waals surface area contributed by atoms with Crippen LogP contribution >= 0.6 is 11.6 Å². The van der Waals surface area contributed by atoms with Gasteiger partial charge in [-0.25, -0.2) is 14.8 Å². The van der Waals surface area contributed by atoms with Crippen molar-refractivity contribution in [3.05, 3.63) is 53.4 Å². The third kappa shape index (κ3) is 4.69. The van der Waals surface area contributed by atoms with E-state index in [0.29, 0.717) is 11.7 Å². The van der Waals surface area contributed by atoms with E-state index in [1.54, 1.807) is 17.3 Å². The molecule has 3 rings (SSSR count). The van der Waals surface area contributed by atoms with Gasteiger partial charge in [0.25, 0.3) is 0 Å². The molecule has 1 atom stereocenters. The van der Waals surface area contributed by atoms with Gasteiger partial charge in [-0.05, 0) is 32.3 Å². The molecule has 146 valence electrons. The second-order valence-electron chi connectivity index (χ2n) is 5.86. The Hall–Kier alpha value is -2.34. The largest absolute Gasteiger partial charge is 0.445 e. The summed E-state index contributed by atoms with van der Waals surface area (Å²) in [6.07, 6.45) is 12.4. The maximum absolute atomic E-state index is 12.6. The van der Waals surface area contributed by atoms with Gasteiger partial charge in [0.2, 0.25) is 0 Å². The summed E-state index contributed by atoms with van der Waals surface area (Å²) in [5.41, 5.74) is 1.71. The number of rotatable bonds is 4. The first-order valence-corrected chi connectivity index (χ1v) is 9.72. The van der Waals surface area contributed by atoms with Crippen molar-refractivity contribution in [2.45, 2.75) is 46.6 Å². The van der Waals surface area contributed by atoms with Crippen LogP contribution in [0.15, 0.2) is 42.4 Å². The molecule has 1 fully saturated rings. The summed E-state index contributed by atoms with van der Waals surface area (Å²) < 4.78 is 7.38. The maximum atomic E-state index is 12.6. The number of amides is 1. The van der Waals surface area contributed by atoms with Crippen LogP contribution in [-0.4, -0.2) is 38.5 Å². The molecule has 7 heteroatoms. The van der Waals surface area contributed by atoms with Gasteiger partial charge in [0.1, 0.15) is 17.9 Å². The maximum Gasteiger partial charge on any atom is 0.410 e. The molecule has 0 bridgehead atoms. The number of aromatic nitrogens is 3. The molecule has 0 spiro atoms. The second-order valence-corrected chi connectivity index (χ2v) is 6.22. The van der Waals surface area contributed by atoms with E-state index < -0.39 is 0 Å². The first-order valence-electron chi connectivity index (χ1n) is 9.34. The van der Waals surface area contributed by atoms with Gasteiger partial charge < -0.3 is 4.74 Å². The third-order valence-corrected chi connectivity index (χ3v) is 4.63. The predicted octanol–water partition coefficient (Wildman–Crippen LogP) is 5.20. The van der Waals surface area contributed by atoms with Crippen molar-refractivity contribution < 1.29 is 9.53 Å². The van der Waals surface area contributed by atoms with Gasteiger partial charge in [-0.2, -0.15) is 0 Å². The zero-order chi connectivity index (χ0) is 19.8. The molecule has 1 aliphatic heterocycles. The fourth-order valence-corrected chi connectivity index (χ4v) is 3.28. The van der Waals surface area contributed by atoms with Crippen LogP contribution in [-0.2, 0) is 4.74 Å². The molecule has 0 aliphatic carbocycles. The van der Waals surface area contributed by atoms with Crippen molar-refractivity contribution >= 4 is 23.2 Å². The number of allylic oxidation sites excluding steroid dienone is 2. The Morgan fingerprint density at radius 3 is 2.85 bits per heavy atom. The molecule has 0 radical (unpaired) electrons. The molecule has 2 aromatic heterocycles. The Balaban J connectivity index is 0.00000126. The minimum atomic E-state index is -0.316. The fraction of sp³-hybridized carbons (Fsp3) is 0.450. The second kappa shape index (κ2) is 10.1. The standard InChI is InChI=1S/C18H21ClN4O2.C2H6/c1-3-6-13(4-2)12-25-18(24)23-9-5-7-14(23)17-21-11-15-16(19)20-8-10-22(15)17;1-2/h3-4,6,8,10-11,14H,5,7,9,12H2,1-2H3;1-2H3/b6-3-,13-4+;. The van der Waals surface area contributed by atoms with Crippen LogP contribution in [0.25, 0.3) is 5.52 Å². The highest BCUT2D eigenvalue weighted by atomic mass is 35.5. The number of carbonyl (C=O) groups excluding carboxylic acids is 1. The Morgan fingerprint density at radius 1 is 1.37 bits per heavy atom. The summed E-state index contributed by atoms with van der Waals surface area (Å²) >= 11 is 6.12. The average Bonchev–Trinajstić information content (AvgIpc) is 3.33. The van der Waals surface area contributed by atoms with Gasteiger partial charge >= 0.3 is 6.09 Å². The number of likely N-dealkylation sites (tertiary alicyclic amines) is 1. The van der Waals surface area contributed by atoms with E-state index in [9.17, 15) is 4.79 Å². The van der Waals surface area contributed by atoms with Crippen LogP contribution in [0.2, 0.25) is 5.15 Å². The Morgan fingerprint density at radius 2 is 2.15 bits per heavy atom. The van der Waals surface area contributed by atoms with E-state index in [1.165, 1.54) is 0 Å². The van der Waals surface area contributed by atoms with Gasteiger partial charge in [0.15, 0.2) is 5.15 Å². The molecule has 27 heavy (non-hydrogen) atoms. The number of hydrogen-bond acceptors (Lipinski definition) is 4. The lowest BCUT2D eigenvalue weighted by molar-refractivity contribution is 0.105. The average molecular weight is 391 g/mol. The van der Waals surface area contributed by atoms with Crippen LogP contribution in [0.3, 0.4) is 0 Å².